The van der Waals surface area contributed by atoms with E-state index in [9.17, 15) is 9.59 Å². The molecule has 0 aliphatic heterocycles. The van der Waals surface area contributed by atoms with Crippen molar-refractivity contribution in [1.82, 2.24) is 9.97 Å². The van der Waals surface area contributed by atoms with Crippen molar-refractivity contribution in [2.24, 2.45) is 0 Å². The lowest BCUT2D eigenvalue weighted by molar-refractivity contribution is 0.102. The molecule has 43 heavy (non-hydrogen) atoms. The van der Waals surface area contributed by atoms with Crippen LogP contribution in [0.1, 0.15) is 31.8 Å². The molecule has 6 aromatic rings. The van der Waals surface area contributed by atoms with Crippen molar-refractivity contribution in [1.29, 1.82) is 0 Å². The molecule has 0 spiro atoms. The fourth-order valence-electron chi connectivity index (χ4n) is 3.66. The van der Waals surface area contributed by atoms with Gasteiger partial charge in [-0.05, 0) is 49.7 Å². The van der Waals surface area contributed by atoms with Crippen LogP contribution >= 0.6 is 34.3 Å². The maximum atomic E-state index is 12.1. The smallest absolute Gasteiger partial charge is 0.257 e. The van der Waals surface area contributed by atoms with E-state index in [1.54, 1.807) is 12.1 Å². The third kappa shape index (κ3) is 9.72. The highest BCUT2D eigenvalue weighted by Crippen LogP contribution is 2.25. The summed E-state index contributed by atoms with van der Waals surface area (Å²) in [6.07, 6.45) is 0. The Morgan fingerprint density at radius 2 is 1.12 bits per heavy atom. The van der Waals surface area contributed by atoms with Crippen LogP contribution in [0.4, 0.5) is 10.3 Å². The van der Waals surface area contributed by atoms with Crippen molar-refractivity contribution in [3.05, 3.63) is 142 Å². The van der Waals surface area contributed by atoms with Gasteiger partial charge in [0.15, 0.2) is 10.3 Å². The number of nitrogens with one attached hydrogen (secondary N) is 1. The van der Waals surface area contributed by atoms with Crippen molar-refractivity contribution >= 4 is 55.7 Å². The van der Waals surface area contributed by atoms with Crippen LogP contribution in [-0.2, 0) is 0 Å². The fourth-order valence-corrected chi connectivity index (χ4v) is 5.07. The maximum Gasteiger partial charge on any atom is 0.257 e. The van der Waals surface area contributed by atoms with Crippen molar-refractivity contribution in [2.45, 2.75) is 13.8 Å². The van der Waals surface area contributed by atoms with Crippen LogP contribution in [0.2, 0.25) is 0 Å². The first-order valence-electron chi connectivity index (χ1n) is 13.2. The van der Waals surface area contributed by atoms with Gasteiger partial charge in [0.25, 0.3) is 11.1 Å². The second-order valence-electron chi connectivity index (χ2n) is 9.30. The van der Waals surface area contributed by atoms with E-state index in [-0.39, 0.29) is 5.91 Å². The fraction of sp³-hybridized carbons (Fsp3) is 0.0588. The third-order valence-corrected chi connectivity index (χ3v) is 7.63. The molecule has 0 fully saturated rings. The molecule has 9 heteroatoms. The van der Waals surface area contributed by atoms with E-state index < -0.39 is 5.24 Å². The van der Waals surface area contributed by atoms with Crippen molar-refractivity contribution in [3.8, 4) is 22.5 Å². The van der Waals surface area contributed by atoms with Gasteiger partial charge in [-0.2, -0.15) is 0 Å². The van der Waals surface area contributed by atoms with Gasteiger partial charge in [0.05, 0.1) is 11.4 Å². The van der Waals surface area contributed by atoms with Crippen LogP contribution in [0.3, 0.4) is 0 Å². The molecule has 0 saturated carbocycles. The van der Waals surface area contributed by atoms with Crippen LogP contribution in [-0.4, -0.2) is 21.1 Å². The van der Waals surface area contributed by atoms with Crippen LogP contribution in [0.5, 0.6) is 0 Å². The average molecular weight is 625 g/mol. The van der Waals surface area contributed by atoms with E-state index in [2.05, 4.69) is 15.3 Å². The minimum Gasteiger partial charge on any atom is -0.375 e. The number of thiazole rings is 2. The molecule has 216 valence electrons. The molecule has 6 rings (SSSR count). The zero-order valence-electron chi connectivity index (χ0n) is 23.5. The monoisotopic (exact) mass is 624 g/mol. The number of nitrogens with zero attached hydrogens (tertiary/aromatic N) is 2. The summed E-state index contributed by atoms with van der Waals surface area (Å²) in [7, 11) is 0. The first kappa shape index (κ1) is 31.3. The van der Waals surface area contributed by atoms with Gasteiger partial charge in [-0.25, -0.2) is 9.97 Å². The Labute approximate surface area is 263 Å². The van der Waals surface area contributed by atoms with Gasteiger partial charge >= 0.3 is 0 Å². The van der Waals surface area contributed by atoms with Gasteiger partial charge in [-0.15, -0.1) is 22.7 Å². The maximum absolute atomic E-state index is 12.1. The Balaban J connectivity index is 0.000000163. The van der Waals surface area contributed by atoms with E-state index in [1.807, 2.05) is 122 Å². The lowest BCUT2D eigenvalue weighted by Crippen LogP contribution is -2.11. The number of aryl methyl sites for hydroxylation is 2. The summed E-state index contributed by atoms with van der Waals surface area (Å²) in [6.45, 7) is 3.96. The molecule has 2 heterocycles. The SMILES string of the molecule is Cc1ccc(C(=O)Cl)cc1.Cc1ccc(C(=O)Nc2nc(-c3ccccc3)cs2)cc1.Nc1nc(-c2ccccc2)cs1. The minimum absolute atomic E-state index is 0.135. The Morgan fingerprint density at radius 1 is 0.651 bits per heavy atom. The first-order chi connectivity index (χ1) is 20.8. The molecule has 6 nitrogen and oxygen atoms in total. The number of hydrogen-bond acceptors (Lipinski definition) is 7. The number of rotatable bonds is 5. The number of carbonyl (C=O) groups is 2. The second-order valence-corrected chi connectivity index (χ2v) is 11.4. The number of anilines is 2. The molecule has 0 radical (unpaired) electrons. The number of aromatic nitrogens is 2. The van der Waals surface area contributed by atoms with Gasteiger partial charge in [0.1, 0.15) is 0 Å². The van der Waals surface area contributed by atoms with E-state index >= 15 is 0 Å². The van der Waals surface area contributed by atoms with E-state index in [0.29, 0.717) is 21.4 Å². The summed E-state index contributed by atoms with van der Waals surface area (Å²) in [4.78, 5) is 31.3. The van der Waals surface area contributed by atoms with Crippen LogP contribution in [0, 0.1) is 13.8 Å². The molecule has 4 aromatic carbocycles. The summed E-state index contributed by atoms with van der Waals surface area (Å²) in [6, 6.07) is 34.5. The lowest BCUT2D eigenvalue weighted by Gasteiger charge is -2.02. The molecular weight excluding hydrogens is 596 g/mol. The number of nitrogen functional groups attached to an aromatic ring is 1. The number of nitrogens with two attached hydrogens (primary N) is 1. The highest BCUT2D eigenvalue weighted by Gasteiger charge is 2.09. The predicted molar refractivity (Wildman–Crippen MR) is 180 cm³/mol. The number of hydrogen-bond donors (Lipinski definition) is 2. The number of carbonyl (C=O) groups excluding carboxylic acids is 2. The summed E-state index contributed by atoms with van der Waals surface area (Å²) in [5.41, 5.74) is 13.0. The van der Waals surface area contributed by atoms with Crippen LogP contribution < -0.4 is 11.1 Å². The normalized spacial score (nSPS) is 10.0. The number of benzene rings is 4. The van der Waals surface area contributed by atoms with Crippen molar-refractivity contribution in [3.63, 3.8) is 0 Å². The molecule has 0 bridgehead atoms. The molecule has 0 saturated heterocycles. The Hall–Kier alpha value is -4.63. The lowest BCUT2D eigenvalue weighted by atomic mass is 10.1. The summed E-state index contributed by atoms with van der Waals surface area (Å²) >= 11 is 8.11. The Morgan fingerprint density at radius 3 is 1.58 bits per heavy atom. The highest BCUT2D eigenvalue weighted by molar-refractivity contribution is 7.14. The van der Waals surface area contributed by atoms with Gasteiger partial charge in [-0.1, -0.05) is 96.1 Å². The van der Waals surface area contributed by atoms with E-state index in [1.165, 1.54) is 22.7 Å². The van der Waals surface area contributed by atoms with E-state index in [4.69, 9.17) is 17.3 Å². The average Bonchev–Trinajstić information content (AvgIpc) is 3.68. The quantitative estimate of drug-likeness (QED) is 0.186. The zero-order valence-corrected chi connectivity index (χ0v) is 25.9. The Kier molecular flexibility index (Phi) is 11.3. The molecule has 0 aliphatic rings. The minimum atomic E-state index is -0.403. The summed E-state index contributed by atoms with van der Waals surface area (Å²) < 4.78 is 0. The number of amides is 1. The summed E-state index contributed by atoms with van der Waals surface area (Å²) in [5, 5.41) is 7.57. The van der Waals surface area contributed by atoms with Crippen molar-refractivity contribution < 1.29 is 9.59 Å². The second kappa shape index (κ2) is 15.6. The van der Waals surface area contributed by atoms with Crippen LogP contribution in [0.25, 0.3) is 22.5 Å². The van der Waals surface area contributed by atoms with Gasteiger partial charge in [0, 0.05) is 33.0 Å². The number of halogens is 1. The molecule has 0 unspecified atom stereocenters. The molecule has 0 atom stereocenters. The molecule has 2 aromatic heterocycles. The standard InChI is InChI=1S/C17H14N2OS.C9H8N2S.C8H7ClO/c1-12-7-9-14(10-8-12)16(20)19-17-18-15(11-21-17)13-5-3-2-4-6-13;10-9-11-8(6-12-9)7-4-2-1-3-5-7;1-6-2-4-7(5-3-6)8(9)10/h2-11H,1H3,(H,18,19,20);1-6H,(H2,10,11);2-5H,1H3. The van der Waals surface area contributed by atoms with Gasteiger partial charge in [0.2, 0.25) is 0 Å². The first-order valence-corrected chi connectivity index (χ1v) is 15.3. The highest BCUT2D eigenvalue weighted by atomic mass is 35.5. The van der Waals surface area contributed by atoms with E-state index in [0.717, 1.165) is 33.6 Å². The topological polar surface area (TPSA) is 98.0 Å². The molecular formula is C34H29ClN4O2S2. The largest absolute Gasteiger partial charge is 0.375 e. The van der Waals surface area contributed by atoms with Crippen LogP contribution in [0.15, 0.2) is 120 Å². The summed E-state index contributed by atoms with van der Waals surface area (Å²) in [5.74, 6) is -0.135. The molecule has 1 amide bonds. The predicted octanol–water partition coefficient (Wildman–Crippen LogP) is 9.14. The third-order valence-electron chi connectivity index (χ3n) is 5.98. The molecule has 3 N–H and O–H groups in total. The van der Waals surface area contributed by atoms with Gasteiger partial charge < -0.3 is 5.73 Å². The van der Waals surface area contributed by atoms with Gasteiger partial charge in [-0.3, -0.25) is 14.9 Å². The van der Waals surface area contributed by atoms with Crippen molar-refractivity contribution in [2.75, 3.05) is 11.1 Å². The zero-order chi connectivity index (χ0) is 30.6. The Bertz CT molecular complexity index is 1750. The molecule has 0 aliphatic carbocycles.